The van der Waals surface area contributed by atoms with Crippen molar-refractivity contribution in [2.45, 2.75) is 39.8 Å². The summed E-state index contributed by atoms with van der Waals surface area (Å²) in [6.45, 7) is 7.14. The fourth-order valence-corrected chi connectivity index (χ4v) is 1.90. The molecule has 0 unspecified atom stereocenters. The largest absolute Gasteiger partial charge is 0.366 e. The van der Waals surface area contributed by atoms with Crippen molar-refractivity contribution < 1.29 is 0 Å². The van der Waals surface area contributed by atoms with Gasteiger partial charge in [-0.1, -0.05) is 6.92 Å². The highest BCUT2D eigenvalue weighted by Gasteiger charge is 2.13. The van der Waals surface area contributed by atoms with Crippen molar-refractivity contribution in [3.05, 3.63) is 11.6 Å². The monoisotopic (exact) mass is 253 g/mol. The number of nitrogens with one attached hydrogen (secondary N) is 1. The lowest BCUT2D eigenvalue weighted by Gasteiger charge is -2.11. The fourth-order valence-electron chi connectivity index (χ4n) is 1.74. The molecule has 2 heterocycles. The van der Waals surface area contributed by atoms with Crippen LogP contribution in [-0.2, 0) is 6.54 Å². The summed E-state index contributed by atoms with van der Waals surface area (Å²) in [5, 5.41) is 3.50. The first kappa shape index (κ1) is 12.1. The predicted octanol–water partition coefficient (Wildman–Crippen LogP) is 2.71. The summed E-state index contributed by atoms with van der Waals surface area (Å²) in [6.07, 6.45) is 2.82. The molecule has 0 spiro atoms. The Bertz CT molecular complexity index is 520. The van der Waals surface area contributed by atoms with E-state index in [9.17, 15) is 0 Å². The van der Waals surface area contributed by atoms with Crippen LogP contribution < -0.4 is 5.32 Å². The van der Waals surface area contributed by atoms with Crippen molar-refractivity contribution in [3.8, 4) is 0 Å². The Labute approximate surface area is 105 Å². The SMILES string of the molecule is CCCn1cnc2nc(Cl)nc(NC(C)C)c21. The van der Waals surface area contributed by atoms with Crippen molar-refractivity contribution in [2.24, 2.45) is 0 Å². The van der Waals surface area contributed by atoms with Crippen LogP contribution in [0.15, 0.2) is 6.33 Å². The van der Waals surface area contributed by atoms with Gasteiger partial charge in [0.25, 0.3) is 0 Å². The lowest BCUT2D eigenvalue weighted by molar-refractivity contribution is 0.696. The van der Waals surface area contributed by atoms with E-state index in [1.165, 1.54) is 0 Å². The van der Waals surface area contributed by atoms with Gasteiger partial charge in [0.15, 0.2) is 11.5 Å². The molecule has 0 amide bonds. The zero-order valence-corrected chi connectivity index (χ0v) is 11.0. The Hall–Kier alpha value is -1.36. The first-order valence-corrected chi connectivity index (χ1v) is 6.14. The van der Waals surface area contributed by atoms with E-state index < -0.39 is 0 Å². The molecule has 6 heteroatoms. The van der Waals surface area contributed by atoms with Crippen molar-refractivity contribution in [3.63, 3.8) is 0 Å². The molecule has 5 nitrogen and oxygen atoms in total. The summed E-state index contributed by atoms with van der Waals surface area (Å²) in [7, 11) is 0. The third-order valence-electron chi connectivity index (χ3n) is 2.33. The maximum Gasteiger partial charge on any atom is 0.226 e. The van der Waals surface area contributed by atoms with E-state index >= 15 is 0 Å². The molecular weight excluding hydrogens is 238 g/mol. The minimum atomic E-state index is 0.224. The van der Waals surface area contributed by atoms with Gasteiger partial charge in [-0.05, 0) is 31.9 Å². The number of halogens is 1. The van der Waals surface area contributed by atoms with Crippen molar-refractivity contribution in [1.82, 2.24) is 19.5 Å². The number of aryl methyl sites for hydroxylation is 1. The van der Waals surface area contributed by atoms with Gasteiger partial charge in [0.05, 0.1) is 6.33 Å². The molecule has 2 aromatic rings. The van der Waals surface area contributed by atoms with Crippen LogP contribution in [0.2, 0.25) is 5.28 Å². The second-order valence-electron chi connectivity index (χ2n) is 4.25. The third-order valence-corrected chi connectivity index (χ3v) is 2.50. The Kier molecular flexibility index (Phi) is 3.47. The lowest BCUT2D eigenvalue weighted by Crippen LogP contribution is -2.13. The van der Waals surface area contributed by atoms with Gasteiger partial charge in [0, 0.05) is 12.6 Å². The van der Waals surface area contributed by atoms with E-state index in [-0.39, 0.29) is 11.3 Å². The highest BCUT2D eigenvalue weighted by atomic mass is 35.5. The molecule has 0 fully saturated rings. The van der Waals surface area contributed by atoms with E-state index in [1.807, 2.05) is 0 Å². The van der Waals surface area contributed by atoms with Crippen LogP contribution in [0.4, 0.5) is 5.82 Å². The van der Waals surface area contributed by atoms with Crippen LogP contribution in [-0.4, -0.2) is 25.6 Å². The van der Waals surface area contributed by atoms with Crippen LogP contribution >= 0.6 is 11.6 Å². The average Bonchev–Trinajstić information content (AvgIpc) is 2.61. The Balaban J connectivity index is 2.56. The number of hydrogen-bond donors (Lipinski definition) is 1. The highest BCUT2D eigenvalue weighted by molar-refractivity contribution is 6.28. The summed E-state index contributed by atoms with van der Waals surface area (Å²) >= 11 is 5.88. The normalized spacial score (nSPS) is 11.4. The molecule has 0 atom stereocenters. The lowest BCUT2D eigenvalue weighted by atomic mass is 10.3. The van der Waals surface area contributed by atoms with Crippen molar-refractivity contribution in [1.29, 1.82) is 0 Å². The molecule has 0 saturated heterocycles. The second-order valence-corrected chi connectivity index (χ2v) is 4.59. The molecule has 0 saturated carbocycles. The molecule has 0 aliphatic rings. The van der Waals surface area contributed by atoms with Gasteiger partial charge in [0.1, 0.15) is 5.52 Å². The zero-order chi connectivity index (χ0) is 12.4. The van der Waals surface area contributed by atoms with Crippen molar-refractivity contribution >= 4 is 28.6 Å². The van der Waals surface area contributed by atoms with Gasteiger partial charge < -0.3 is 9.88 Å². The van der Waals surface area contributed by atoms with E-state index in [2.05, 4.69) is 45.6 Å². The van der Waals surface area contributed by atoms with E-state index in [1.54, 1.807) is 6.33 Å². The molecular formula is C11H16ClN5. The smallest absolute Gasteiger partial charge is 0.226 e. The molecule has 0 radical (unpaired) electrons. The van der Waals surface area contributed by atoms with Crippen LogP contribution in [0.25, 0.3) is 11.2 Å². The number of aromatic nitrogens is 4. The minimum absolute atomic E-state index is 0.224. The number of nitrogens with zero attached hydrogens (tertiary/aromatic N) is 4. The number of imidazole rings is 1. The van der Waals surface area contributed by atoms with Gasteiger partial charge in [-0.25, -0.2) is 4.98 Å². The number of fused-ring (bicyclic) bond motifs is 1. The van der Waals surface area contributed by atoms with Gasteiger partial charge >= 0.3 is 0 Å². The minimum Gasteiger partial charge on any atom is -0.366 e. The third kappa shape index (κ3) is 2.49. The van der Waals surface area contributed by atoms with E-state index in [0.717, 1.165) is 24.3 Å². The molecule has 0 aliphatic carbocycles. The Morgan fingerprint density at radius 1 is 1.41 bits per heavy atom. The standard InChI is InChI=1S/C11H16ClN5/c1-4-5-17-6-13-9-8(17)10(14-7(2)3)16-11(12)15-9/h6-7H,4-5H2,1-3H3,(H,14,15,16). The number of anilines is 1. The molecule has 0 aromatic carbocycles. The summed E-state index contributed by atoms with van der Waals surface area (Å²) in [4.78, 5) is 12.6. The van der Waals surface area contributed by atoms with Crippen LogP contribution in [0.5, 0.6) is 0 Å². The molecule has 0 bridgehead atoms. The van der Waals surface area contributed by atoms with E-state index in [4.69, 9.17) is 11.6 Å². The molecule has 2 rings (SSSR count). The van der Waals surface area contributed by atoms with Gasteiger partial charge in [-0.2, -0.15) is 9.97 Å². The van der Waals surface area contributed by atoms with Crippen LogP contribution in [0.3, 0.4) is 0 Å². The zero-order valence-electron chi connectivity index (χ0n) is 10.2. The van der Waals surface area contributed by atoms with Crippen LogP contribution in [0, 0.1) is 0 Å². The maximum absolute atomic E-state index is 5.88. The molecule has 0 aliphatic heterocycles. The average molecular weight is 254 g/mol. The first-order valence-electron chi connectivity index (χ1n) is 5.76. The second kappa shape index (κ2) is 4.87. The van der Waals surface area contributed by atoms with Crippen LogP contribution in [0.1, 0.15) is 27.2 Å². The Morgan fingerprint density at radius 3 is 2.82 bits per heavy atom. The molecule has 2 aromatic heterocycles. The quantitative estimate of drug-likeness (QED) is 0.852. The van der Waals surface area contributed by atoms with Crippen molar-refractivity contribution in [2.75, 3.05) is 5.32 Å². The molecule has 1 N–H and O–H groups in total. The number of hydrogen-bond acceptors (Lipinski definition) is 4. The molecule has 17 heavy (non-hydrogen) atoms. The first-order chi connectivity index (χ1) is 8.11. The number of rotatable bonds is 4. The highest BCUT2D eigenvalue weighted by Crippen LogP contribution is 2.22. The summed E-state index contributed by atoms with van der Waals surface area (Å²) in [5.41, 5.74) is 1.56. The van der Waals surface area contributed by atoms with Gasteiger partial charge in [-0.15, -0.1) is 0 Å². The van der Waals surface area contributed by atoms with E-state index in [0.29, 0.717) is 5.65 Å². The fraction of sp³-hybridized carbons (Fsp3) is 0.545. The van der Waals surface area contributed by atoms with Gasteiger partial charge in [0.2, 0.25) is 5.28 Å². The summed E-state index contributed by atoms with van der Waals surface area (Å²) in [6, 6.07) is 0.286. The maximum atomic E-state index is 5.88. The predicted molar refractivity (Wildman–Crippen MR) is 69.4 cm³/mol. The van der Waals surface area contributed by atoms with Gasteiger partial charge in [-0.3, -0.25) is 0 Å². The topological polar surface area (TPSA) is 55.6 Å². The summed E-state index contributed by atoms with van der Waals surface area (Å²) < 4.78 is 2.05. The Morgan fingerprint density at radius 2 is 2.18 bits per heavy atom. The molecule has 92 valence electrons. The summed E-state index contributed by atoms with van der Waals surface area (Å²) in [5.74, 6) is 0.751.